The van der Waals surface area contributed by atoms with Crippen molar-refractivity contribution in [2.24, 2.45) is 0 Å². The summed E-state index contributed by atoms with van der Waals surface area (Å²) in [6.07, 6.45) is -0.818. The monoisotopic (exact) mass is 145 g/mol. The molecule has 0 saturated carbocycles. The number of carbonyl (C=O) groups is 1. The molecule has 0 aromatic rings. The van der Waals surface area contributed by atoms with Gasteiger partial charge in [0.25, 0.3) is 0 Å². The van der Waals surface area contributed by atoms with Crippen LogP contribution >= 0.6 is 0 Å². The maximum Gasteiger partial charge on any atom is 0.408 e. The molecule has 3 N–H and O–H groups in total. The van der Waals surface area contributed by atoms with Gasteiger partial charge in [-0.2, -0.15) is 0 Å². The Balaban J connectivity index is 2.52. The summed E-state index contributed by atoms with van der Waals surface area (Å²) in [5, 5.41) is 19.3. The third kappa shape index (κ3) is 1.12. The highest BCUT2D eigenvalue weighted by atomic mass is 16.6. The SMILES string of the molecule is O=C1NCC(C(O)=CO)O1. The van der Waals surface area contributed by atoms with Crippen LogP contribution in [0.1, 0.15) is 0 Å². The minimum atomic E-state index is -0.738. The first kappa shape index (κ1) is 6.73. The average Bonchev–Trinajstić information content (AvgIpc) is 2.34. The first-order chi connectivity index (χ1) is 4.74. The van der Waals surface area contributed by atoms with E-state index < -0.39 is 12.2 Å². The number of nitrogens with one attached hydrogen (secondary N) is 1. The minimum absolute atomic E-state index is 0.196. The zero-order valence-electron chi connectivity index (χ0n) is 5.07. The summed E-state index contributed by atoms with van der Waals surface area (Å²) in [6, 6.07) is 0. The smallest absolute Gasteiger partial charge is 0.408 e. The second-order valence-corrected chi connectivity index (χ2v) is 1.83. The molecule has 0 aromatic heterocycles. The van der Waals surface area contributed by atoms with Crippen molar-refractivity contribution >= 4 is 6.09 Å². The van der Waals surface area contributed by atoms with E-state index in [1.54, 1.807) is 0 Å². The molecule has 56 valence electrons. The lowest BCUT2D eigenvalue weighted by molar-refractivity contribution is 0.128. The Kier molecular flexibility index (Phi) is 1.66. The predicted octanol–water partition coefficient (Wildman–Crippen LogP) is 0.0522. The lowest BCUT2D eigenvalue weighted by Crippen LogP contribution is -2.16. The molecule has 1 rings (SSSR count). The van der Waals surface area contributed by atoms with E-state index in [1.807, 2.05) is 0 Å². The van der Waals surface area contributed by atoms with Crippen LogP contribution in [0.2, 0.25) is 0 Å². The lowest BCUT2D eigenvalue weighted by Gasteiger charge is -2.02. The van der Waals surface area contributed by atoms with Gasteiger partial charge in [0.1, 0.15) is 6.26 Å². The van der Waals surface area contributed by atoms with E-state index in [4.69, 9.17) is 10.2 Å². The number of carbonyl (C=O) groups excluding carboxylic acids is 1. The molecule has 5 heteroatoms. The Labute approximate surface area is 56.9 Å². The highest BCUT2D eigenvalue weighted by Crippen LogP contribution is 2.06. The van der Waals surface area contributed by atoms with E-state index in [-0.39, 0.29) is 12.3 Å². The summed E-state index contributed by atoms with van der Waals surface area (Å²) >= 11 is 0. The fourth-order valence-electron chi connectivity index (χ4n) is 0.637. The molecular weight excluding hydrogens is 138 g/mol. The second-order valence-electron chi connectivity index (χ2n) is 1.83. The molecule has 1 aliphatic rings. The number of amides is 1. The van der Waals surface area contributed by atoms with Gasteiger partial charge in [-0.15, -0.1) is 0 Å². The van der Waals surface area contributed by atoms with Crippen LogP contribution < -0.4 is 5.32 Å². The lowest BCUT2D eigenvalue weighted by atomic mass is 10.3. The van der Waals surface area contributed by atoms with Crippen LogP contribution in [0.4, 0.5) is 4.79 Å². The van der Waals surface area contributed by atoms with Gasteiger partial charge in [-0.3, -0.25) is 0 Å². The van der Waals surface area contributed by atoms with Crippen LogP contribution in [0.3, 0.4) is 0 Å². The summed E-state index contributed by atoms with van der Waals surface area (Å²) in [5.41, 5.74) is 0. The first-order valence-corrected chi connectivity index (χ1v) is 2.71. The fourth-order valence-corrected chi connectivity index (χ4v) is 0.637. The Hall–Kier alpha value is -1.39. The van der Waals surface area contributed by atoms with Gasteiger partial charge in [0.05, 0.1) is 6.54 Å². The van der Waals surface area contributed by atoms with Gasteiger partial charge in [-0.1, -0.05) is 0 Å². The molecule has 0 bridgehead atoms. The Bertz CT molecular complexity index is 176. The van der Waals surface area contributed by atoms with Crippen LogP contribution in [-0.2, 0) is 4.74 Å². The average molecular weight is 145 g/mol. The quantitative estimate of drug-likeness (QED) is 0.455. The minimum Gasteiger partial charge on any atom is -0.512 e. The second kappa shape index (κ2) is 2.47. The van der Waals surface area contributed by atoms with Gasteiger partial charge < -0.3 is 20.3 Å². The van der Waals surface area contributed by atoms with Crippen molar-refractivity contribution in [1.29, 1.82) is 0 Å². The number of alkyl carbamates (subject to hydrolysis) is 1. The molecule has 10 heavy (non-hydrogen) atoms. The van der Waals surface area contributed by atoms with E-state index in [2.05, 4.69) is 10.1 Å². The first-order valence-electron chi connectivity index (χ1n) is 2.71. The maximum absolute atomic E-state index is 10.3. The van der Waals surface area contributed by atoms with Crippen LogP contribution in [0.25, 0.3) is 0 Å². The normalized spacial score (nSPS) is 25.8. The highest BCUT2D eigenvalue weighted by molar-refractivity contribution is 5.69. The molecule has 1 amide bonds. The van der Waals surface area contributed by atoms with Crippen molar-refractivity contribution < 1.29 is 19.7 Å². The molecule has 0 aliphatic carbocycles. The molecule has 1 saturated heterocycles. The van der Waals surface area contributed by atoms with Gasteiger partial charge in [-0.05, 0) is 0 Å². The van der Waals surface area contributed by atoms with Crippen molar-refractivity contribution in [2.75, 3.05) is 6.54 Å². The molecule has 0 radical (unpaired) electrons. The number of hydrogen-bond donors (Lipinski definition) is 3. The molecule has 5 nitrogen and oxygen atoms in total. The van der Waals surface area contributed by atoms with E-state index in [0.717, 1.165) is 0 Å². The Morgan fingerprint density at radius 3 is 3.00 bits per heavy atom. The number of ether oxygens (including phenoxy) is 1. The summed E-state index contributed by atoms with van der Waals surface area (Å²) in [7, 11) is 0. The number of cyclic esters (lactones) is 1. The van der Waals surface area contributed by atoms with Gasteiger partial charge in [0.2, 0.25) is 0 Å². The van der Waals surface area contributed by atoms with E-state index in [0.29, 0.717) is 6.26 Å². The molecule has 1 heterocycles. The summed E-state index contributed by atoms with van der Waals surface area (Å²) in [4.78, 5) is 10.3. The van der Waals surface area contributed by atoms with Crippen molar-refractivity contribution in [3.05, 3.63) is 12.0 Å². The standard InChI is InChI=1S/C5H7NO4/c7-2-3(8)4-1-6-5(9)10-4/h2,4,7-8H,1H2,(H,6,9). The third-order valence-corrected chi connectivity index (χ3v) is 1.14. The summed E-state index contributed by atoms with van der Waals surface area (Å²) < 4.78 is 4.49. The molecule has 1 unspecified atom stereocenters. The number of hydrogen-bond acceptors (Lipinski definition) is 4. The van der Waals surface area contributed by atoms with Crippen LogP contribution in [0.15, 0.2) is 12.0 Å². The third-order valence-electron chi connectivity index (χ3n) is 1.14. The maximum atomic E-state index is 10.3. The molecule has 0 aromatic carbocycles. The van der Waals surface area contributed by atoms with Crippen molar-refractivity contribution in [1.82, 2.24) is 5.32 Å². The molecular formula is C5H7NO4. The predicted molar refractivity (Wildman–Crippen MR) is 31.6 cm³/mol. The van der Waals surface area contributed by atoms with E-state index >= 15 is 0 Å². The van der Waals surface area contributed by atoms with Crippen LogP contribution in [0.5, 0.6) is 0 Å². The number of aliphatic hydroxyl groups excluding tert-OH is 2. The topological polar surface area (TPSA) is 78.8 Å². The van der Waals surface area contributed by atoms with Crippen LogP contribution in [-0.4, -0.2) is 29.0 Å². The summed E-state index contributed by atoms with van der Waals surface area (Å²) in [6.45, 7) is 0.196. The van der Waals surface area contributed by atoms with Crippen molar-refractivity contribution in [3.63, 3.8) is 0 Å². The molecule has 1 fully saturated rings. The van der Waals surface area contributed by atoms with Crippen molar-refractivity contribution in [3.8, 4) is 0 Å². The van der Waals surface area contributed by atoms with E-state index in [1.165, 1.54) is 0 Å². The fraction of sp³-hybridized carbons (Fsp3) is 0.400. The highest BCUT2D eigenvalue weighted by Gasteiger charge is 2.25. The number of aliphatic hydroxyl groups is 2. The van der Waals surface area contributed by atoms with Gasteiger partial charge in [0, 0.05) is 0 Å². The largest absolute Gasteiger partial charge is 0.512 e. The molecule has 0 spiro atoms. The zero-order valence-corrected chi connectivity index (χ0v) is 5.07. The van der Waals surface area contributed by atoms with Gasteiger partial charge >= 0.3 is 6.09 Å². The van der Waals surface area contributed by atoms with Gasteiger partial charge in [0.15, 0.2) is 11.9 Å². The van der Waals surface area contributed by atoms with Crippen molar-refractivity contribution in [2.45, 2.75) is 6.10 Å². The molecule has 1 atom stereocenters. The van der Waals surface area contributed by atoms with Crippen LogP contribution in [0, 0.1) is 0 Å². The Morgan fingerprint density at radius 1 is 1.90 bits per heavy atom. The van der Waals surface area contributed by atoms with Gasteiger partial charge in [-0.25, -0.2) is 4.79 Å². The Morgan fingerprint density at radius 2 is 2.60 bits per heavy atom. The number of rotatable bonds is 1. The zero-order chi connectivity index (χ0) is 7.56. The molecule has 1 aliphatic heterocycles. The summed E-state index contributed by atoms with van der Waals surface area (Å²) in [5.74, 6) is -0.349. The van der Waals surface area contributed by atoms with E-state index in [9.17, 15) is 4.79 Å².